The molecule has 0 atom stereocenters. The highest BCUT2D eigenvalue weighted by atomic mass is 16.7. The predicted molar refractivity (Wildman–Crippen MR) is 92.8 cm³/mol. The molecule has 0 saturated heterocycles. The number of aryl methyl sites for hydroxylation is 4. The third kappa shape index (κ3) is 4.67. The molecule has 0 aromatic heterocycles. The van der Waals surface area contributed by atoms with Gasteiger partial charge in [-0.2, -0.15) is 0 Å². The van der Waals surface area contributed by atoms with E-state index in [-0.39, 0.29) is 5.91 Å². The topological polar surface area (TPSA) is 29.5 Å². The van der Waals surface area contributed by atoms with E-state index in [0.29, 0.717) is 13.2 Å². The fraction of sp³-hybridized carbons (Fsp3) is 0.350. The maximum atomic E-state index is 11.8. The molecular weight excluding hydrogens is 286 g/mol. The van der Waals surface area contributed by atoms with Gasteiger partial charge in [-0.3, -0.25) is 9.63 Å². The number of hydrogen-bond donors (Lipinski definition) is 0. The van der Waals surface area contributed by atoms with E-state index in [1.54, 1.807) is 0 Å². The molecule has 122 valence electrons. The average Bonchev–Trinajstić information content (AvgIpc) is 2.50. The van der Waals surface area contributed by atoms with Crippen LogP contribution in [0.15, 0.2) is 36.4 Å². The molecule has 0 fully saturated rings. The zero-order valence-electron chi connectivity index (χ0n) is 14.6. The van der Waals surface area contributed by atoms with E-state index >= 15 is 0 Å². The highest BCUT2D eigenvalue weighted by Crippen LogP contribution is 2.15. The van der Waals surface area contributed by atoms with Gasteiger partial charge in [0.1, 0.15) is 6.61 Å². The van der Waals surface area contributed by atoms with E-state index in [0.717, 1.165) is 11.1 Å². The molecule has 2 rings (SSSR count). The third-order valence-corrected chi connectivity index (χ3v) is 4.21. The zero-order chi connectivity index (χ0) is 17.0. The van der Waals surface area contributed by atoms with Gasteiger partial charge in [0.15, 0.2) is 0 Å². The molecule has 0 bridgehead atoms. The Morgan fingerprint density at radius 3 is 1.91 bits per heavy atom. The van der Waals surface area contributed by atoms with Crippen molar-refractivity contribution in [2.24, 2.45) is 0 Å². The van der Waals surface area contributed by atoms with Crippen LogP contribution >= 0.6 is 0 Å². The maximum Gasteiger partial charge on any atom is 0.243 e. The molecule has 2 aromatic rings. The lowest BCUT2D eigenvalue weighted by Crippen LogP contribution is -2.28. The average molecular weight is 311 g/mol. The van der Waals surface area contributed by atoms with Crippen molar-refractivity contribution in [1.29, 1.82) is 0 Å². The first kappa shape index (κ1) is 17.2. The third-order valence-electron chi connectivity index (χ3n) is 4.21. The SMILES string of the molecule is CC(=O)N(Cc1ccc(C)c(C)c1)OCc1ccc(C)c(C)c1. The summed E-state index contributed by atoms with van der Waals surface area (Å²) < 4.78 is 0. The van der Waals surface area contributed by atoms with Crippen LogP contribution < -0.4 is 0 Å². The van der Waals surface area contributed by atoms with Crippen molar-refractivity contribution in [2.75, 3.05) is 0 Å². The Bertz CT molecular complexity index is 707. The Kier molecular flexibility index (Phi) is 5.56. The summed E-state index contributed by atoms with van der Waals surface area (Å²) in [5.74, 6) is -0.0907. The number of benzene rings is 2. The van der Waals surface area contributed by atoms with E-state index in [1.165, 1.54) is 34.2 Å². The van der Waals surface area contributed by atoms with Crippen LogP contribution in [-0.2, 0) is 22.8 Å². The Hall–Kier alpha value is -2.13. The van der Waals surface area contributed by atoms with Crippen LogP contribution in [0.1, 0.15) is 40.3 Å². The summed E-state index contributed by atoms with van der Waals surface area (Å²) in [4.78, 5) is 17.6. The molecule has 3 heteroatoms. The lowest BCUT2D eigenvalue weighted by molar-refractivity contribution is -0.193. The predicted octanol–water partition coefficient (Wildman–Crippen LogP) is 4.40. The molecule has 23 heavy (non-hydrogen) atoms. The molecule has 0 saturated carbocycles. The monoisotopic (exact) mass is 311 g/mol. The molecule has 0 aliphatic rings. The van der Waals surface area contributed by atoms with Gasteiger partial charge >= 0.3 is 0 Å². The summed E-state index contributed by atoms with van der Waals surface area (Å²) in [5, 5.41) is 1.43. The van der Waals surface area contributed by atoms with E-state index < -0.39 is 0 Å². The molecular formula is C20H25NO2. The second kappa shape index (κ2) is 7.42. The van der Waals surface area contributed by atoms with E-state index in [4.69, 9.17) is 4.84 Å². The van der Waals surface area contributed by atoms with Gasteiger partial charge in [0, 0.05) is 6.92 Å². The zero-order valence-corrected chi connectivity index (χ0v) is 14.6. The first-order chi connectivity index (χ1) is 10.9. The smallest absolute Gasteiger partial charge is 0.243 e. The van der Waals surface area contributed by atoms with Crippen LogP contribution in [0.3, 0.4) is 0 Å². The molecule has 0 heterocycles. The van der Waals surface area contributed by atoms with Gasteiger partial charge in [0.2, 0.25) is 5.91 Å². The summed E-state index contributed by atoms with van der Waals surface area (Å²) in [6.07, 6.45) is 0. The van der Waals surface area contributed by atoms with Gasteiger partial charge in [-0.1, -0.05) is 36.4 Å². The number of carbonyl (C=O) groups excluding carboxylic acids is 1. The van der Waals surface area contributed by atoms with Crippen LogP contribution in [0.4, 0.5) is 0 Å². The molecule has 0 radical (unpaired) electrons. The summed E-state index contributed by atoms with van der Waals surface area (Å²) in [6.45, 7) is 10.7. The maximum absolute atomic E-state index is 11.8. The van der Waals surface area contributed by atoms with Crippen molar-refractivity contribution in [1.82, 2.24) is 5.06 Å². The molecule has 2 aromatic carbocycles. The van der Waals surface area contributed by atoms with Gasteiger partial charge in [-0.25, -0.2) is 5.06 Å². The number of carbonyl (C=O) groups is 1. The van der Waals surface area contributed by atoms with Gasteiger partial charge in [-0.05, 0) is 61.1 Å². The van der Waals surface area contributed by atoms with Gasteiger partial charge < -0.3 is 0 Å². The van der Waals surface area contributed by atoms with Crippen molar-refractivity contribution in [3.63, 3.8) is 0 Å². The Morgan fingerprint density at radius 1 is 0.870 bits per heavy atom. The quantitative estimate of drug-likeness (QED) is 0.766. The van der Waals surface area contributed by atoms with Crippen molar-refractivity contribution < 1.29 is 9.63 Å². The largest absolute Gasteiger partial charge is 0.273 e. The number of hydroxylamine groups is 2. The van der Waals surface area contributed by atoms with Gasteiger partial charge in [0.05, 0.1) is 6.54 Å². The molecule has 0 unspecified atom stereocenters. The Balaban J connectivity index is 2.05. The molecule has 0 N–H and O–H groups in total. The number of nitrogens with zero attached hydrogens (tertiary/aromatic N) is 1. The molecule has 1 amide bonds. The second-order valence-corrected chi connectivity index (χ2v) is 6.17. The normalized spacial score (nSPS) is 10.7. The van der Waals surface area contributed by atoms with Crippen molar-refractivity contribution in [2.45, 2.75) is 47.8 Å². The highest BCUT2D eigenvalue weighted by Gasteiger charge is 2.11. The van der Waals surface area contributed by atoms with E-state index in [1.807, 2.05) is 12.1 Å². The van der Waals surface area contributed by atoms with Gasteiger partial charge in [0.25, 0.3) is 0 Å². The van der Waals surface area contributed by atoms with Crippen LogP contribution in [0, 0.1) is 27.7 Å². The molecule has 3 nitrogen and oxygen atoms in total. The fourth-order valence-electron chi connectivity index (χ4n) is 2.36. The summed E-state index contributed by atoms with van der Waals surface area (Å²) in [6, 6.07) is 12.4. The van der Waals surface area contributed by atoms with Crippen LogP contribution in [-0.4, -0.2) is 11.0 Å². The Labute approximate surface area is 138 Å². The van der Waals surface area contributed by atoms with Gasteiger partial charge in [-0.15, -0.1) is 0 Å². The van der Waals surface area contributed by atoms with Crippen molar-refractivity contribution in [3.05, 3.63) is 69.8 Å². The minimum Gasteiger partial charge on any atom is -0.273 e. The summed E-state index contributed by atoms with van der Waals surface area (Å²) in [7, 11) is 0. The number of rotatable bonds is 5. The summed E-state index contributed by atoms with van der Waals surface area (Å²) >= 11 is 0. The minimum absolute atomic E-state index is 0.0907. The van der Waals surface area contributed by atoms with Crippen molar-refractivity contribution >= 4 is 5.91 Å². The van der Waals surface area contributed by atoms with E-state index in [2.05, 4.69) is 52.0 Å². The molecule has 0 spiro atoms. The number of hydrogen-bond acceptors (Lipinski definition) is 2. The lowest BCUT2D eigenvalue weighted by atomic mass is 10.1. The van der Waals surface area contributed by atoms with Crippen LogP contribution in [0.2, 0.25) is 0 Å². The molecule has 0 aliphatic heterocycles. The molecule has 0 aliphatic carbocycles. The summed E-state index contributed by atoms with van der Waals surface area (Å²) in [5.41, 5.74) is 7.10. The highest BCUT2D eigenvalue weighted by molar-refractivity contribution is 5.72. The van der Waals surface area contributed by atoms with Crippen LogP contribution in [0.5, 0.6) is 0 Å². The first-order valence-electron chi connectivity index (χ1n) is 7.90. The number of amides is 1. The first-order valence-corrected chi connectivity index (χ1v) is 7.90. The Morgan fingerprint density at radius 2 is 1.39 bits per heavy atom. The minimum atomic E-state index is -0.0907. The van der Waals surface area contributed by atoms with Crippen molar-refractivity contribution in [3.8, 4) is 0 Å². The fourth-order valence-corrected chi connectivity index (χ4v) is 2.36. The standard InChI is InChI=1S/C20H25NO2/c1-14-6-8-19(10-16(14)3)12-21(18(5)22)23-13-20-9-7-15(2)17(4)11-20/h6-11H,12-13H2,1-5H3. The lowest BCUT2D eigenvalue weighted by Gasteiger charge is -2.21. The second-order valence-electron chi connectivity index (χ2n) is 6.17. The van der Waals surface area contributed by atoms with Crippen LogP contribution in [0.25, 0.3) is 0 Å². The van der Waals surface area contributed by atoms with E-state index in [9.17, 15) is 4.79 Å².